The third kappa shape index (κ3) is 2.68. The molecule has 106 valence electrons. The first kappa shape index (κ1) is 13.4. The van der Waals surface area contributed by atoms with Crippen molar-refractivity contribution in [3.8, 4) is 6.07 Å². The Morgan fingerprint density at radius 2 is 2.10 bits per heavy atom. The summed E-state index contributed by atoms with van der Waals surface area (Å²) in [6.45, 7) is 0. The average molecular weight is 281 g/mol. The van der Waals surface area contributed by atoms with Crippen LogP contribution in [0.1, 0.15) is 35.6 Å². The maximum atomic E-state index is 13.2. The highest BCUT2D eigenvalue weighted by Crippen LogP contribution is 2.34. The Morgan fingerprint density at radius 3 is 2.90 bits per heavy atom. The molecular weight excluding hydrogens is 265 g/mol. The lowest BCUT2D eigenvalue weighted by atomic mass is 9.87. The fourth-order valence-corrected chi connectivity index (χ4v) is 2.91. The quantitative estimate of drug-likeness (QED) is 0.824. The molecule has 21 heavy (non-hydrogen) atoms. The van der Waals surface area contributed by atoms with E-state index in [0.29, 0.717) is 11.3 Å². The average Bonchev–Trinajstić information content (AvgIpc) is 2.49. The summed E-state index contributed by atoms with van der Waals surface area (Å²) in [6.07, 6.45) is 3.07. The number of hydrogen-bond acceptors (Lipinski definition) is 3. The maximum Gasteiger partial charge on any atom is 0.124 e. The van der Waals surface area contributed by atoms with Gasteiger partial charge in [-0.1, -0.05) is 6.07 Å². The second-order valence-electron chi connectivity index (χ2n) is 5.35. The summed E-state index contributed by atoms with van der Waals surface area (Å²) in [5.41, 5.74) is 10.1. The number of halogens is 1. The highest BCUT2D eigenvalue weighted by molar-refractivity contribution is 5.59. The minimum absolute atomic E-state index is 0.131. The molecule has 0 aromatic heterocycles. The molecule has 2 aromatic carbocycles. The number of aryl methyl sites for hydroxylation is 1. The summed E-state index contributed by atoms with van der Waals surface area (Å²) in [5, 5.41) is 12.5. The first-order chi connectivity index (χ1) is 10.2. The molecule has 3 N–H and O–H groups in total. The highest BCUT2D eigenvalue weighted by Gasteiger charge is 2.21. The fraction of sp³-hybridized carbons (Fsp3) is 0.235. The molecule has 1 atom stereocenters. The Bertz CT molecular complexity index is 718. The van der Waals surface area contributed by atoms with Gasteiger partial charge in [-0.25, -0.2) is 4.39 Å². The zero-order valence-electron chi connectivity index (χ0n) is 11.6. The van der Waals surface area contributed by atoms with Crippen LogP contribution >= 0.6 is 0 Å². The molecule has 1 aliphatic carbocycles. The van der Waals surface area contributed by atoms with Gasteiger partial charge < -0.3 is 11.1 Å². The van der Waals surface area contributed by atoms with Crippen molar-refractivity contribution in [3.63, 3.8) is 0 Å². The zero-order valence-corrected chi connectivity index (χ0v) is 11.6. The van der Waals surface area contributed by atoms with Gasteiger partial charge in [-0.2, -0.15) is 5.26 Å². The van der Waals surface area contributed by atoms with Crippen molar-refractivity contribution in [2.45, 2.75) is 25.3 Å². The van der Waals surface area contributed by atoms with Gasteiger partial charge in [0.15, 0.2) is 0 Å². The van der Waals surface area contributed by atoms with Crippen LogP contribution in [0.3, 0.4) is 0 Å². The summed E-state index contributed by atoms with van der Waals surface area (Å²) in [6, 6.07) is 12.4. The van der Waals surface area contributed by atoms with Gasteiger partial charge in [0.1, 0.15) is 11.9 Å². The van der Waals surface area contributed by atoms with E-state index in [4.69, 9.17) is 11.0 Å². The Morgan fingerprint density at radius 1 is 1.24 bits per heavy atom. The van der Waals surface area contributed by atoms with E-state index in [1.165, 1.54) is 23.3 Å². The van der Waals surface area contributed by atoms with E-state index < -0.39 is 5.82 Å². The van der Waals surface area contributed by atoms with Crippen molar-refractivity contribution >= 4 is 11.4 Å². The molecule has 0 aliphatic heterocycles. The van der Waals surface area contributed by atoms with Crippen LogP contribution in [0.5, 0.6) is 0 Å². The normalized spacial score (nSPS) is 16.9. The van der Waals surface area contributed by atoms with Crippen molar-refractivity contribution in [1.29, 1.82) is 5.26 Å². The first-order valence-electron chi connectivity index (χ1n) is 7.02. The molecule has 0 spiro atoms. The van der Waals surface area contributed by atoms with Crippen LogP contribution in [-0.4, -0.2) is 0 Å². The molecule has 2 aromatic rings. The number of nitrogens with one attached hydrogen (secondary N) is 1. The van der Waals surface area contributed by atoms with E-state index in [9.17, 15) is 4.39 Å². The number of nitrogen functional groups attached to an aromatic ring is 1. The second-order valence-corrected chi connectivity index (χ2v) is 5.35. The minimum atomic E-state index is -0.395. The van der Waals surface area contributed by atoms with Crippen LogP contribution in [0.25, 0.3) is 0 Å². The van der Waals surface area contributed by atoms with Crippen LogP contribution < -0.4 is 11.1 Å². The van der Waals surface area contributed by atoms with E-state index in [0.717, 1.165) is 24.9 Å². The maximum absolute atomic E-state index is 13.2. The number of fused-ring (bicyclic) bond motifs is 1. The Kier molecular flexibility index (Phi) is 3.49. The number of nitrogens with zero attached hydrogens (tertiary/aromatic N) is 1. The third-order valence-electron chi connectivity index (χ3n) is 3.91. The molecule has 0 fully saturated rings. The van der Waals surface area contributed by atoms with Gasteiger partial charge in [-0.3, -0.25) is 0 Å². The number of nitriles is 1. The lowest BCUT2D eigenvalue weighted by molar-refractivity contribution is 0.599. The largest absolute Gasteiger partial charge is 0.399 e. The first-order valence-corrected chi connectivity index (χ1v) is 7.02. The SMILES string of the molecule is N#Cc1cc(F)ccc1NC1CCCc2cc(N)ccc21. The van der Waals surface area contributed by atoms with Crippen LogP contribution in [0.15, 0.2) is 36.4 Å². The van der Waals surface area contributed by atoms with Crippen molar-refractivity contribution in [2.24, 2.45) is 0 Å². The number of rotatable bonds is 2. The molecule has 0 radical (unpaired) electrons. The van der Waals surface area contributed by atoms with Crippen LogP contribution in [0, 0.1) is 17.1 Å². The van der Waals surface area contributed by atoms with Crippen LogP contribution in [0.2, 0.25) is 0 Å². The summed E-state index contributed by atoms with van der Waals surface area (Å²) >= 11 is 0. The molecule has 0 bridgehead atoms. The van der Waals surface area contributed by atoms with Gasteiger partial charge in [0.05, 0.1) is 17.3 Å². The predicted molar refractivity (Wildman–Crippen MR) is 81.3 cm³/mol. The number of anilines is 2. The molecular formula is C17H16FN3. The smallest absolute Gasteiger partial charge is 0.124 e. The highest BCUT2D eigenvalue weighted by atomic mass is 19.1. The van der Waals surface area contributed by atoms with Gasteiger partial charge in [0.2, 0.25) is 0 Å². The lowest BCUT2D eigenvalue weighted by Gasteiger charge is -2.28. The number of nitrogens with two attached hydrogens (primary N) is 1. The van der Waals surface area contributed by atoms with E-state index in [2.05, 4.69) is 5.32 Å². The predicted octanol–water partition coefficient (Wildman–Crippen LogP) is 3.77. The monoisotopic (exact) mass is 281 g/mol. The van der Waals surface area contributed by atoms with Crippen LogP contribution in [-0.2, 0) is 6.42 Å². The molecule has 3 nitrogen and oxygen atoms in total. The molecule has 4 heteroatoms. The van der Waals surface area contributed by atoms with Crippen molar-refractivity contribution in [3.05, 3.63) is 58.9 Å². The van der Waals surface area contributed by atoms with E-state index in [-0.39, 0.29) is 6.04 Å². The fourth-order valence-electron chi connectivity index (χ4n) is 2.91. The number of benzene rings is 2. The summed E-state index contributed by atoms with van der Waals surface area (Å²) < 4.78 is 13.2. The molecule has 0 heterocycles. The summed E-state index contributed by atoms with van der Waals surface area (Å²) in [5.74, 6) is -0.395. The zero-order chi connectivity index (χ0) is 14.8. The second kappa shape index (κ2) is 5.45. The Labute approximate surface area is 123 Å². The summed E-state index contributed by atoms with van der Waals surface area (Å²) in [7, 11) is 0. The van der Waals surface area contributed by atoms with Gasteiger partial charge in [-0.05, 0) is 60.7 Å². The molecule has 1 unspecified atom stereocenters. The van der Waals surface area contributed by atoms with Gasteiger partial charge in [0.25, 0.3) is 0 Å². The summed E-state index contributed by atoms with van der Waals surface area (Å²) in [4.78, 5) is 0. The van der Waals surface area contributed by atoms with Crippen molar-refractivity contribution in [1.82, 2.24) is 0 Å². The number of hydrogen-bond donors (Lipinski definition) is 2. The van der Waals surface area contributed by atoms with Gasteiger partial charge >= 0.3 is 0 Å². The molecule has 3 rings (SSSR count). The van der Waals surface area contributed by atoms with E-state index >= 15 is 0 Å². The standard InChI is InChI=1S/C17H16FN3/c18-13-4-7-16(12(8-13)10-19)21-17-3-1-2-11-9-14(20)5-6-15(11)17/h4-9,17,21H,1-3,20H2. The molecule has 0 saturated carbocycles. The third-order valence-corrected chi connectivity index (χ3v) is 3.91. The lowest BCUT2D eigenvalue weighted by Crippen LogP contribution is -2.18. The Balaban J connectivity index is 1.92. The Hall–Kier alpha value is -2.54. The molecule has 1 aliphatic rings. The van der Waals surface area contributed by atoms with Crippen LogP contribution in [0.4, 0.5) is 15.8 Å². The van der Waals surface area contributed by atoms with Crippen molar-refractivity contribution < 1.29 is 4.39 Å². The molecule has 0 amide bonds. The topological polar surface area (TPSA) is 61.8 Å². The van der Waals surface area contributed by atoms with E-state index in [1.807, 2.05) is 24.3 Å². The van der Waals surface area contributed by atoms with Crippen molar-refractivity contribution in [2.75, 3.05) is 11.1 Å². The van der Waals surface area contributed by atoms with E-state index in [1.54, 1.807) is 6.07 Å². The van der Waals surface area contributed by atoms with Gasteiger partial charge in [0, 0.05) is 5.69 Å². The van der Waals surface area contributed by atoms with Gasteiger partial charge in [-0.15, -0.1) is 0 Å². The molecule has 0 saturated heterocycles. The minimum Gasteiger partial charge on any atom is -0.399 e.